The lowest BCUT2D eigenvalue weighted by Gasteiger charge is -2.51. The summed E-state index contributed by atoms with van der Waals surface area (Å²) in [4.78, 5) is 34.4. The van der Waals surface area contributed by atoms with E-state index in [-0.39, 0.29) is 24.0 Å². The highest BCUT2D eigenvalue weighted by molar-refractivity contribution is 5.96. The maximum absolute atomic E-state index is 11.8. The van der Waals surface area contributed by atoms with Crippen molar-refractivity contribution in [1.82, 2.24) is 10.6 Å². The molecule has 0 heterocycles. The summed E-state index contributed by atoms with van der Waals surface area (Å²) in [5, 5.41) is 13.8. The Kier molecular flexibility index (Phi) is 4.99. The summed E-state index contributed by atoms with van der Waals surface area (Å²) in [6.45, 7) is 6.83. The molecule has 1 aliphatic carbocycles. The van der Waals surface area contributed by atoms with Gasteiger partial charge in [-0.3, -0.25) is 14.9 Å². The van der Waals surface area contributed by atoms with Crippen LogP contribution in [0, 0.1) is 10.8 Å². The fourth-order valence-electron chi connectivity index (χ4n) is 2.37. The van der Waals surface area contributed by atoms with Gasteiger partial charge in [-0.25, -0.2) is 4.79 Å². The first-order valence-electron chi connectivity index (χ1n) is 6.87. The topological polar surface area (TPSA) is 105 Å². The molecule has 1 aliphatic rings. The van der Waals surface area contributed by atoms with Crippen molar-refractivity contribution in [2.45, 2.75) is 52.7 Å². The molecule has 1 saturated carbocycles. The lowest BCUT2D eigenvalue weighted by molar-refractivity contribution is -0.149. The van der Waals surface area contributed by atoms with Crippen molar-refractivity contribution in [3.05, 3.63) is 0 Å². The van der Waals surface area contributed by atoms with Crippen LogP contribution in [0.1, 0.15) is 40.5 Å². The Morgan fingerprint density at radius 2 is 1.90 bits per heavy atom. The van der Waals surface area contributed by atoms with Gasteiger partial charge in [0, 0.05) is 25.0 Å². The highest BCUT2D eigenvalue weighted by Crippen LogP contribution is 2.42. The van der Waals surface area contributed by atoms with Crippen molar-refractivity contribution >= 4 is 17.9 Å². The number of methoxy groups -OCH3 is 1. The van der Waals surface area contributed by atoms with Gasteiger partial charge in [-0.05, 0) is 20.3 Å². The summed E-state index contributed by atoms with van der Waals surface area (Å²) in [6.07, 6.45) is 0.500. The summed E-state index contributed by atoms with van der Waals surface area (Å²) in [5.41, 5.74) is -1.41. The molecule has 0 aliphatic heterocycles. The van der Waals surface area contributed by atoms with Crippen molar-refractivity contribution < 1.29 is 24.2 Å². The molecule has 21 heavy (non-hydrogen) atoms. The van der Waals surface area contributed by atoms with Crippen molar-refractivity contribution in [1.29, 1.82) is 0 Å². The van der Waals surface area contributed by atoms with E-state index in [1.165, 1.54) is 13.8 Å². The Balaban J connectivity index is 2.45. The number of hydrogen-bond donors (Lipinski definition) is 3. The molecule has 0 aromatic carbocycles. The lowest BCUT2D eigenvalue weighted by atomic mass is 9.64. The number of amides is 3. The van der Waals surface area contributed by atoms with Crippen molar-refractivity contribution in [2.24, 2.45) is 10.8 Å². The molecule has 0 aromatic heterocycles. The third kappa shape index (κ3) is 3.93. The van der Waals surface area contributed by atoms with E-state index in [9.17, 15) is 14.4 Å². The number of rotatable bonds is 5. The van der Waals surface area contributed by atoms with Gasteiger partial charge in [0.15, 0.2) is 0 Å². The van der Waals surface area contributed by atoms with Gasteiger partial charge in [-0.1, -0.05) is 13.8 Å². The van der Waals surface area contributed by atoms with E-state index in [1.807, 2.05) is 13.8 Å². The number of carbonyl (C=O) groups excluding carboxylic acids is 2. The number of carboxylic acids is 1. The van der Waals surface area contributed by atoms with Gasteiger partial charge in [0.05, 0.1) is 11.5 Å². The van der Waals surface area contributed by atoms with Crippen molar-refractivity contribution in [2.75, 3.05) is 7.11 Å². The summed E-state index contributed by atoms with van der Waals surface area (Å²) >= 11 is 0. The minimum absolute atomic E-state index is 0.0736. The van der Waals surface area contributed by atoms with Crippen LogP contribution in [0.2, 0.25) is 0 Å². The quantitative estimate of drug-likeness (QED) is 0.706. The number of nitrogens with one attached hydrogen (secondary N) is 2. The lowest BCUT2D eigenvalue weighted by Crippen LogP contribution is -2.63. The summed E-state index contributed by atoms with van der Waals surface area (Å²) in [6, 6.07) is -0.684. The molecule has 2 unspecified atom stereocenters. The molecule has 0 radical (unpaired) electrons. The second-order valence-electron chi connectivity index (χ2n) is 6.72. The van der Waals surface area contributed by atoms with E-state index >= 15 is 0 Å². The van der Waals surface area contributed by atoms with Gasteiger partial charge in [-0.2, -0.15) is 0 Å². The van der Waals surface area contributed by atoms with Crippen LogP contribution in [0.4, 0.5) is 4.79 Å². The number of urea groups is 1. The zero-order valence-corrected chi connectivity index (χ0v) is 13.1. The van der Waals surface area contributed by atoms with Crippen LogP contribution in [0.3, 0.4) is 0 Å². The van der Waals surface area contributed by atoms with Crippen molar-refractivity contribution in [3.63, 3.8) is 0 Å². The Morgan fingerprint density at radius 1 is 1.33 bits per heavy atom. The number of ether oxygens (including phenoxy) is 1. The highest BCUT2D eigenvalue weighted by atomic mass is 16.5. The smallest absolute Gasteiger partial charge is 0.321 e. The molecule has 0 aromatic rings. The predicted octanol–water partition coefficient (Wildman–Crippen LogP) is 1.13. The molecule has 2 atom stereocenters. The van der Waals surface area contributed by atoms with E-state index < -0.39 is 23.3 Å². The van der Waals surface area contributed by atoms with Crippen LogP contribution in [0.5, 0.6) is 0 Å². The standard InChI is InChI=1S/C14H24N2O5/c1-13(2,11(18)19)7-10(17)16-12(20)15-8-6-9(21-5)14(8,3)4/h8-9H,6-7H2,1-5H3,(H,18,19)(H2,15,16,17,20). The monoisotopic (exact) mass is 300 g/mol. The average Bonchev–Trinajstić information content (AvgIpc) is 2.32. The fourth-order valence-corrected chi connectivity index (χ4v) is 2.37. The molecule has 0 saturated heterocycles. The van der Waals surface area contributed by atoms with Crippen LogP contribution < -0.4 is 10.6 Å². The molecule has 7 heteroatoms. The number of aliphatic carboxylic acids is 1. The van der Waals surface area contributed by atoms with Gasteiger partial charge < -0.3 is 15.2 Å². The van der Waals surface area contributed by atoms with Gasteiger partial charge in [-0.15, -0.1) is 0 Å². The normalized spacial score (nSPS) is 23.9. The van der Waals surface area contributed by atoms with Crippen LogP contribution in [0.25, 0.3) is 0 Å². The Morgan fingerprint density at radius 3 is 2.33 bits per heavy atom. The van der Waals surface area contributed by atoms with Gasteiger partial charge in [0.1, 0.15) is 0 Å². The van der Waals surface area contributed by atoms with E-state index in [0.717, 1.165) is 0 Å². The average molecular weight is 300 g/mol. The molecule has 0 spiro atoms. The third-order valence-electron chi connectivity index (χ3n) is 4.20. The Hall–Kier alpha value is -1.63. The zero-order valence-electron chi connectivity index (χ0n) is 13.1. The minimum atomic E-state index is -1.21. The molecule has 1 fully saturated rings. The summed E-state index contributed by atoms with van der Waals surface area (Å²) in [7, 11) is 1.63. The second kappa shape index (κ2) is 6.01. The second-order valence-corrected chi connectivity index (χ2v) is 6.72. The first kappa shape index (κ1) is 17.4. The van der Waals surface area contributed by atoms with Crippen LogP contribution >= 0.6 is 0 Å². The third-order valence-corrected chi connectivity index (χ3v) is 4.20. The van der Waals surface area contributed by atoms with Gasteiger partial charge in [0.2, 0.25) is 5.91 Å². The van der Waals surface area contributed by atoms with Crippen LogP contribution in [-0.2, 0) is 14.3 Å². The number of imide groups is 1. The molecular weight excluding hydrogens is 276 g/mol. The molecule has 3 N–H and O–H groups in total. The minimum Gasteiger partial charge on any atom is -0.481 e. The number of carboxylic acid groups (broad SMARTS) is 1. The van der Waals surface area contributed by atoms with Crippen molar-refractivity contribution in [3.8, 4) is 0 Å². The van der Waals surface area contributed by atoms with Gasteiger partial charge in [0.25, 0.3) is 0 Å². The van der Waals surface area contributed by atoms with E-state index in [1.54, 1.807) is 7.11 Å². The predicted molar refractivity (Wildman–Crippen MR) is 75.7 cm³/mol. The number of hydrogen-bond acceptors (Lipinski definition) is 4. The molecule has 120 valence electrons. The molecular formula is C14H24N2O5. The maximum atomic E-state index is 11.8. The van der Waals surface area contributed by atoms with E-state index in [4.69, 9.17) is 9.84 Å². The molecule has 0 bridgehead atoms. The fraction of sp³-hybridized carbons (Fsp3) is 0.786. The summed E-state index contributed by atoms with van der Waals surface area (Å²) < 4.78 is 5.28. The van der Waals surface area contributed by atoms with Gasteiger partial charge >= 0.3 is 12.0 Å². The maximum Gasteiger partial charge on any atom is 0.321 e. The largest absolute Gasteiger partial charge is 0.481 e. The van der Waals surface area contributed by atoms with E-state index in [2.05, 4.69) is 10.6 Å². The van der Waals surface area contributed by atoms with E-state index in [0.29, 0.717) is 6.42 Å². The molecule has 7 nitrogen and oxygen atoms in total. The SMILES string of the molecule is COC1CC(NC(=O)NC(=O)CC(C)(C)C(=O)O)C1(C)C. The molecule has 3 amide bonds. The van der Waals surface area contributed by atoms with Crippen LogP contribution in [-0.4, -0.2) is 42.3 Å². The molecule has 1 rings (SSSR count). The first-order chi connectivity index (χ1) is 9.50. The Labute approximate surface area is 124 Å². The first-order valence-corrected chi connectivity index (χ1v) is 6.87. The number of carbonyl (C=O) groups is 3. The zero-order chi connectivity index (χ0) is 16.4. The van der Waals surface area contributed by atoms with Crippen LogP contribution in [0.15, 0.2) is 0 Å². The highest BCUT2D eigenvalue weighted by Gasteiger charge is 2.49. The summed E-state index contributed by atoms with van der Waals surface area (Å²) in [5.74, 6) is -1.69. The Bertz CT molecular complexity index is 445.